The molecule has 0 spiro atoms. The summed E-state index contributed by atoms with van der Waals surface area (Å²) in [6, 6.07) is 0. The molecule has 0 radical (unpaired) electrons. The molecule has 0 aliphatic carbocycles. The molecule has 0 unspecified atom stereocenters. The number of hydrogen-bond donors (Lipinski definition) is 0. The third-order valence-corrected chi connectivity index (χ3v) is 11.5. The van der Waals surface area contributed by atoms with E-state index in [-0.39, 0.29) is 0 Å². The molecular formula is C12H30O3PSi+. The van der Waals surface area contributed by atoms with Gasteiger partial charge in [-0.1, -0.05) is 19.8 Å². The van der Waals surface area contributed by atoms with E-state index in [1.54, 1.807) is 21.3 Å². The summed E-state index contributed by atoms with van der Waals surface area (Å²) in [4.78, 5) is 0. The Morgan fingerprint density at radius 3 is 1.82 bits per heavy atom. The quantitative estimate of drug-likeness (QED) is 0.349. The molecule has 0 aliphatic heterocycles. The van der Waals surface area contributed by atoms with Crippen LogP contribution in [0.3, 0.4) is 0 Å². The predicted molar refractivity (Wildman–Crippen MR) is 79.4 cm³/mol. The molecule has 0 aromatic carbocycles. The minimum atomic E-state index is -2.37. The van der Waals surface area contributed by atoms with Crippen LogP contribution in [0.15, 0.2) is 0 Å². The highest BCUT2D eigenvalue weighted by atomic mass is 31.2. The molecule has 3 nitrogen and oxygen atoms in total. The van der Waals surface area contributed by atoms with Gasteiger partial charge in [0.25, 0.3) is 0 Å². The van der Waals surface area contributed by atoms with Crippen LogP contribution in [0.1, 0.15) is 32.6 Å². The normalized spacial score (nSPS) is 13.1. The van der Waals surface area contributed by atoms with Crippen molar-refractivity contribution < 1.29 is 13.3 Å². The lowest BCUT2D eigenvalue weighted by Gasteiger charge is -2.28. The van der Waals surface area contributed by atoms with Crippen molar-refractivity contribution in [1.82, 2.24) is 0 Å². The standard InChI is InChI=1S/C12H30O3PSi/c1-7-8-9-10-11-16(5,6)12-17(13-2,14-3)15-4/h7-12H2,1-6H3/q+1. The van der Waals surface area contributed by atoms with Gasteiger partial charge in [0, 0.05) is 41.9 Å². The highest BCUT2D eigenvalue weighted by molar-refractivity contribution is 7.76. The zero-order chi connectivity index (χ0) is 13.4. The summed E-state index contributed by atoms with van der Waals surface area (Å²) >= 11 is 0. The van der Waals surface area contributed by atoms with Crippen LogP contribution in [0.25, 0.3) is 0 Å². The predicted octanol–water partition coefficient (Wildman–Crippen LogP) is 3.26. The molecule has 104 valence electrons. The summed E-state index contributed by atoms with van der Waals surface area (Å²) in [7, 11) is 1.77. The van der Waals surface area contributed by atoms with Crippen LogP contribution in [0.4, 0.5) is 0 Å². The summed E-state index contributed by atoms with van der Waals surface area (Å²) in [5.74, 6) is 0.996. The van der Waals surface area contributed by atoms with Crippen molar-refractivity contribution in [3.8, 4) is 0 Å². The van der Waals surface area contributed by atoms with E-state index in [1.807, 2.05) is 0 Å². The van der Waals surface area contributed by atoms with Gasteiger partial charge in [-0.2, -0.15) is 0 Å². The minimum Gasteiger partial charge on any atom is -0.375 e. The molecule has 0 saturated heterocycles. The highest BCUT2D eigenvalue weighted by Crippen LogP contribution is 2.53. The third-order valence-electron chi connectivity index (χ3n) is 3.17. The number of unbranched alkanes of at least 4 members (excludes halogenated alkanes) is 3. The summed E-state index contributed by atoms with van der Waals surface area (Å²) in [5, 5.41) is 0. The second-order valence-corrected chi connectivity index (χ2v) is 13.3. The Hall–Kier alpha value is 0.527. The van der Waals surface area contributed by atoms with E-state index in [0.29, 0.717) is 0 Å². The Bertz CT molecular complexity index is 188. The Balaban J connectivity index is 4.20. The first kappa shape index (κ1) is 17.5. The average Bonchev–Trinajstić information content (AvgIpc) is 2.32. The van der Waals surface area contributed by atoms with Crippen molar-refractivity contribution in [3.05, 3.63) is 0 Å². The third kappa shape index (κ3) is 6.87. The van der Waals surface area contributed by atoms with Crippen molar-refractivity contribution in [2.24, 2.45) is 0 Å². The van der Waals surface area contributed by atoms with Crippen LogP contribution in [-0.4, -0.2) is 55.4 Å². The first-order chi connectivity index (χ1) is 7.95. The van der Waals surface area contributed by atoms with Gasteiger partial charge in [-0.25, -0.2) is 0 Å². The van der Waals surface area contributed by atoms with Crippen LogP contribution < -0.4 is 0 Å². The molecule has 0 saturated carbocycles. The summed E-state index contributed by atoms with van der Waals surface area (Å²) in [5.41, 5.74) is 0. The second kappa shape index (κ2) is 8.60. The lowest BCUT2D eigenvalue weighted by atomic mass is 10.2. The van der Waals surface area contributed by atoms with Crippen molar-refractivity contribution in [1.29, 1.82) is 0 Å². The maximum atomic E-state index is 5.52. The van der Waals surface area contributed by atoms with Crippen molar-refractivity contribution in [2.45, 2.75) is 32.6 Å². The van der Waals surface area contributed by atoms with E-state index < -0.39 is 16.1 Å². The van der Waals surface area contributed by atoms with E-state index in [0.717, 1.165) is 5.79 Å². The fourth-order valence-corrected chi connectivity index (χ4v) is 9.97. The van der Waals surface area contributed by atoms with Crippen molar-refractivity contribution in [3.63, 3.8) is 0 Å². The smallest absolute Gasteiger partial charge is 0.375 e. The molecule has 0 amide bonds. The maximum absolute atomic E-state index is 5.52. The maximum Gasteiger partial charge on any atom is 0.539 e. The van der Waals surface area contributed by atoms with E-state index in [4.69, 9.17) is 13.3 Å². The minimum absolute atomic E-state index is 0.967. The van der Waals surface area contributed by atoms with E-state index in [9.17, 15) is 0 Å². The SMILES string of the molecule is CCCCCC[P+](C)(C)C[Si](OC)(OC)OC. The van der Waals surface area contributed by atoms with E-state index in [2.05, 4.69) is 20.3 Å². The van der Waals surface area contributed by atoms with Crippen LogP contribution in [-0.2, 0) is 13.3 Å². The fraction of sp³-hybridized carbons (Fsp3) is 1.00. The van der Waals surface area contributed by atoms with E-state index >= 15 is 0 Å². The zero-order valence-electron chi connectivity index (χ0n) is 12.4. The van der Waals surface area contributed by atoms with Gasteiger partial charge in [0.2, 0.25) is 0 Å². The molecule has 17 heavy (non-hydrogen) atoms. The van der Waals surface area contributed by atoms with Crippen molar-refractivity contribution in [2.75, 3.05) is 46.6 Å². The molecule has 0 fully saturated rings. The van der Waals surface area contributed by atoms with Gasteiger partial charge < -0.3 is 13.3 Å². The molecule has 0 aromatic heterocycles. The fourth-order valence-electron chi connectivity index (χ4n) is 2.01. The number of hydrogen-bond acceptors (Lipinski definition) is 3. The highest BCUT2D eigenvalue weighted by Gasteiger charge is 2.48. The Labute approximate surface area is 109 Å². The average molecular weight is 281 g/mol. The topological polar surface area (TPSA) is 27.7 Å². The Kier molecular flexibility index (Phi) is 8.86. The molecule has 0 aliphatic rings. The molecule has 0 rings (SSSR count). The van der Waals surface area contributed by atoms with Crippen LogP contribution >= 0.6 is 7.26 Å². The van der Waals surface area contributed by atoms with Gasteiger partial charge >= 0.3 is 8.80 Å². The molecule has 0 N–H and O–H groups in total. The molecule has 5 heteroatoms. The lowest BCUT2D eigenvalue weighted by molar-refractivity contribution is 0.130. The second-order valence-electron chi connectivity index (χ2n) is 5.17. The van der Waals surface area contributed by atoms with Crippen LogP contribution in [0.2, 0.25) is 0 Å². The lowest BCUT2D eigenvalue weighted by Crippen LogP contribution is -2.48. The van der Waals surface area contributed by atoms with Gasteiger partial charge in [-0.15, -0.1) is 0 Å². The Morgan fingerprint density at radius 2 is 1.41 bits per heavy atom. The Morgan fingerprint density at radius 1 is 0.882 bits per heavy atom. The van der Waals surface area contributed by atoms with Crippen LogP contribution in [0.5, 0.6) is 0 Å². The van der Waals surface area contributed by atoms with Gasteiger partial charge in [0.05, 0.1) is 6.16 Å². The van der Waals surface area contributed by atoms with Gasteiger partial charge in [0.1, 0.15) is 5.79 Å². The summed E-state index contributed by atoms with van der Waals surface area (Å²) in [6.07, 6.45) is 6.64. The van der Waals surface area contributed by atoms with Crippen molar-refractivity contribution >= 4 is 16.1 Å². The molecule has 0 atom stereocenters. The van der Waals surface area contributed by atoms with Crippen LogP contribution in [0, 0.1) is 0 Å². The monoisotopic (exact) mass is 281 g/mol. The molecule has 0 aromatic rings. The van der Waals surface area contributed by atoms with Gasteiger partial charge in [-0.05, 0) is 12.8 Å². The summed E-state index contributed by atoms with van der Waals surface area (Å²) < 4.78 is 16.6. The first-order valence-corrected chi connectivity index (χ1v) is 11.4. The molecule has 0 bridgehead atoms. The molecule has 0 heterocycles. The first-order valence-electron chi connectivity index (χ1n) is 6.42. The molecular weight excluding hydrogens is 251 g/mol. The zero-order valence-corrected chi connectivity index (χ0v) is 14.3. The van der Waals surface area contributed by atoms with Gasteiger partial charge in [0.15, 0.2) is 0 Å². The van der Waals surface area contributed by atoms with Gasteiger partial charge in [-0.3, -0.25) is 0 Å². The summed E-state index contributed by atoms with van der Waals surface area (Å²) in [6.45, 7) is 7.02. The largest absolute Gasteiger partial charge is 0.539 e. The van der Waals surface area contributed by atoms with E-state index in [1.165, 1.54) is 31.8 Å². The number of rotatable bonds is 10.